The molecule has 0 spiro atoms. The third-order valence-electron chi connectivity index (χ3n) is 7.85. The second-order valence-electron chi connectivity index (χ2n) is 11.9. The number of aromatic nitrogens is 3. The molecule has 1 aliphatic carbocycles. The predicted molar refractivity (Wildman–Crippen MR) is 180 cm³/mol. The van der Waals surface area contributed by atoms with Crippen LogP contribution in [-0.2, 0) is 26.1 Å². The Morgan fingerprint density at radius 2 is 1.54 bits per heavy atom. The van der Waals surface area contributed by atoms with Gasteiger partial charge in [-0.3, -0.25) is 14.4 Å². The second kappa shape index (κ2) is 15.9. The Morgan fingerprint density at radius 1 is 0.870 bits per heavy atom. The van der Waals surface area contributed by atoms with Crippen LogP contribution in [0.15, 0.2) is 72.8 Å². The fourth-order valence-electron chi connectivity index (χ4n) is 4.97. The maximum Gasteiger partial charge on any atom is 0.422 e. The van der Waals surface area contributed by atoms with E-state index >= 15 is 0 Å². The van der Waals surface area contributed by atoms with Crippen molar-refractivity contribution in [3.8, 4) is 6.01 Å². The number of ether oxygens (including phenoxy) is 1. The van der Waals surface area contributed by atoms with Gasteiger partial charge in [-0.15, -0.1) is 0 Å². The van der Waals surface area contributed by atoms with Gasteiger partial charge in [-0.25, -0.2) is 4.79 Å². The molecule has 1 fully saturated rings. The minimum atomic E-state index is -4.69. The number of amides is 2. The van der Waals surface area contributed by atoms with Gasteiger partial charge in [-0.2, -0.15) is 41.3 Å². The molecule has 20 heteroatoms. The number of carboxylic acids is 1. The lowest BCUT2D eigenvalue weighted by atomic mass is 10.1. The molecule has 1 heterocycles. The highest BCUT2D eigenvalue weighted by molar-refractivity contribution is 6.40. The van der Waals surface area contributed by atoms with Crippen LogP contribution in [0.5, 0.6) is 6.01 Å². The number of rotatable bonds is 15. The lowest BCUT2D eigenvalue weighted by molar-refractivity contribution is -0.154. The molecule has 5 rings (SSSR count). The summed E-state index contributed by atoms with van der Waals surface area (Å²) in [5, 5.41) is 20.3. The molecule has 4 aromatic rings. The summed E-state index contributed by atoms with van der Waals surface area (Å²) in [6, 6.07) is 13.6. The highest BCUT2D eigenvalue weighted by Crippen LogP contribution is 2.48. The number of hydrogen-bond acceptors (Lipinski definition) is 10. The average Bonchev–Trinajstić information content (AvgIpc) is 3.89. The number of carbonyl (C=O) groups excluding carboxylic acids is 3. The number of carboxylic acid groups (broad SMARTS) is 1. The highest BCUT2D eigenvalue weighted by Gasteiger charge is 2.45. The smallest absolute Gasteiger partial charge is 0.422 e. The largest absolute Gasteiger partial charge is 0.480 e. The number of Topliss-reactive ketones (excluding diaryl/α,β-unsaturated/α-hetero) is 1. The second-order valence-corrected chi connectivity index (χ2v) is 12.4. The Balaban J connectivity index is 1.21. The van der Waals surface area contributed by atoms with Crippen molar-refractivity contribution < 1.29 is 55.4 Å². The van der Waals surface area contributed by atoms with E-state index in [1.165, 1.54) is 24.3 Å². The van der Waals surface area contributed by atoms with Crippen molar-refractivity contribution in [2.24, 2.45) is 0 Å². The summed E-state index contributed by atoms with van der Waals surface area (Å²) in [6.07, 6.45) is -9.21. The molecule has 0 aliphatic heterocycles. The Labute approximate surface area is 306 Å². The Morgan fingerprint density at radius 3 is 2.15 bits per heavy atom. The molecule has 0 saturated heterocycles. The number of benzene rings is 3. The van der Waals surface area contributed by atoms with Crippen molar-refractivity contribution in [1.82, 2.24) is 20.3 Å². The number of alkyl halides is 6. The maximum absolute atomic E-state index is 12.9. The van der Waals surface area contributed by atoms with Crippen molar-refractivity contribution >= 4 is 58.4 Å². The standard InChI is InChI=1S/C34H28ClF6N7O6/c35-21-8-6-19(7-9-21)32(14-15-32)48-30-45-29(46-31(47-30)54-17-33(36,37)38)43-22-10-4-18(5-11-22)26(50)44-24(28(52)53)12-13-25(49)27(51)42-23-3-1-2-20(16-23)34(39,40)41/h1-11,16,24H,12-15,17H2,(H,42,51)(H,44,50)(H,52,53)(H2,43,45,46,47,48)/t24-/m0/s1. The quantitative estimate of drug-likeness (QED) is 0.0656. The van der Waals surface area contributed by atoms with E-state index in [0.29, 0.717) is 23.9 Å². The molecule has 0 radical (unpaired) electrons. The summed E-state index contributed by atoms with van der Waals surface area (Å²) in [5.74, 6) is -5.10. The SMILES string of the molecule is O=C(CC[C@H](NC(=O)c1ccc(Nc2nc(NC3(c4ccc(Cl)cc4)CC3)nc(OCC(F)(F)F)n2)cc1)C(=O)O)C(=O)Nc1cccc(C(F)(F)F)c1. The van der Waals surface area contributed by atoms with Crippen LogP contribution >= 0.6 is 11.6 Å². The summed E-state index contributed by atoms with van der Waals surface area (Å²) in [6.45, 7) is -1.67. The number of aliphatic carboxylic acids is 1. The number of carbonyl (C=O) groups is 4. The molecule has 5 N–H and O–H groups in total. The minimum absolute atomic E-state index is 0.0359. The maximum atomic E-state index is 12.9. The van der Waals surface area contributed by atoms with Gasteiger partial charge in [-0.05, 0) is 79.4 Å². The number of halogens is 7. The lowest BCUT2D eigenvalue weighted by Gasteiger charge is -2.19. The van der Waals surface area contributed by atoms with Crippen LogP contribution < -0.4 is 26.0 Å². The van der Waals surface area contributed by atoms with Crippen LogP contribution in [0.4, 0.5) is 49.6 Å². The van der Waals surface area contributed by atoms with Crippen LogP contribution in [0, 0.1) is 0 Å². The summed E-state index contributed by atoms with van der Waals surface area (Å²) < 4.78 is 82.4. The number of nitrogens with zero attached hydrogens (tertiary/aromatic N) is 3. The van der Waals surface area contributed by atoms with E-state index in [2.05, 4.69) is 30.9 Å². The van der Waals surface area contributed by atoms with Gasteiger partial charge in [0, 0.05) is 28.4 Å². The molecule has 2 amide bonds. The summed E-state index contributed by atoms with van der Waals surface area (Å²) in [7, 11) is 0. The third kappa shape index (κ3) is 10.8. The van der Waals surface area contributed by atoms with Crippen molar-refractivity contribution in [3.05, 3.63) is 94.5 Å². The van der Waals surface area contributed by atoms with Gasteiger partial charge in [0.2, 0.25) is 17.7 Å². The Bertz CT molecular complexity index is 2030. The van der Waals surface area contributed by atoms with E-state index in [1.807, 2.05) is 5.32 Å². The van der Waals surface area contributed by atoms with Crippen molar-refractivity contribution in [2.75, 3.05) is 22.6 Å². The first kappa shape index (κ1) is 39.2. The molecule has 1 aromatic heterocycles. The van der Waals surface area contributed by atoms with Gasteiger partial charge in [0.15, 0.2) is 6.61 Å². The van der Waals surface area contributed by atoms with Gasteiger partial charge in [-0.1, -0.05) is 29.8 Å². The van der Waals surface area contributed by atoms with Crippen LogP contribution in [0.1, 0.15) is 47.2 Å². The molecular weight excluding hydrogens is 752 g/mol. The van der Waals surface area contributed by atoms with Gasteiger partial charge < -0.3 is 31.1 Å². The molecule has 3 aromatic carbocycles. The number of hydrogen-bond donors (Lipinski definition) is 5. The zero-order chi connectivity index (χ0) is 39.3. The van der Waals surface area contributed by atoms with Crippen LogP contribution in [0.2, 0.25) is 5.02 Å². The zero-order valence-electron chi connectivity index (χ0n) is 27.5. The van der Waals surface area contributed by atoms with Crippen LogP contribution in [0.3, 0.4) is 0 Å². The van der Waals surface area contributed by atoms with E-state index < -0.39 is 78.5 Å². The van der Waals surface area contributed by atoms with Crippen LogP contribution in [0.25, 0.3) is 0 Å². The number of nitrogens with one attached hydrogen (secondary N) is 4. The molecule has 54 heavy (non-hydrogen) atoms. The molecule has 1 atom stereocenters. The molecule has 0 bridgehead atoms. The van der Waals surface area contributed by atoms with Gasteiger partial charge >= 0.3 is 24.3 Å². The highest BCUT2D eigenvalue weighted by atomic mass is 35.5. The molecule has 1 saturated carbocycles. The van der Waals surface area contributed by atoms with E-state index in [4.69, 9.17) is 16.3 Å². The predicted octanol–water partition coefficient (Wildman–Crippen LogP) is 6.50. The van der Waals surface area contributed by atoms with Crippen molar-refractivity contribution in [2.45, 2.75) is 49.6 Å². The van der Waals surface area contributed by atoms with Gasteiger partial charge in [0.05, 0.1) is 11.1 Å². The summed E-state index contributed by atoms with van der Waals surface area (Å²) in [4.78, 5) is 61.4. The normalized spacial score (nSPS) is 14.0. The first-order valence-corrected chi connectivity index (χ1v) is 16.2. The molecule has 1 aliphatic rings. The molecular formula is C34H28ClF6N7O6. The number of anilines is 4. The summed E-state index contributed by atoms with van der Waals surface area (Å²) >= 11 is 6.00. The molecule has 13 nitrogen and oxygen atoms in total. The Hall–Kier alpha value is -5.98. The van der Waals surface area contributed by atoms with E-state index in [9.17, 15) is 50.6 Å². The topological polar surface area (TPSA) is 185 Å². The number of ketones is 1. The fraction of sp³-hybridized carbons (Fsp3) is 0.265. The van der Waals surface area contributed by atoms with Crippen molar-refractivity contribution in [3.63, 3.8) is 0 Å². The monoisotopic (exact) mass is 779 g/mol. The first-order chi connectivity index (χ1) is 25.4. The van der Waals surface area contributed by atoms with Gasteiger partial charge in [0.1, 0.15) is 6.04 Å². The van der Waals surface area contributed by atoms with E-state index in [-0.39, 0.29) is 28.8 Å². The first-order valence-electron chi connectivity index (χ1n) is 15.8. The van der Waals surface area contributed by atoms with E-state index in [1.54, 1.807) is 24.3 Å². The molecule has 284 valence electrons. The fourth-order valence-corrected chi connectivity index (χ4v) is 5.10. The van der Waals surface area contributed by atoms with Gasteiger partial charge in [0.25, 0.3) is 11.8 Å². The summed E-state index contributed by atoms with van der Waals surface area (Å²) in [5.41, 5.74) is -0.877. The minimum Gasteiger partial charge on any atom is -0.480 e. The molecule has 0 unspecified atom stereocenters. The lowest BCUT2D eigenvalue weighted by Crippen LogP contribution is -2.41. The van der Waals surface area contributed by atoms with Crippen molar-refractivity contribution in [1.29, 1.82) is 0 Å². The Kier molecular flexibility index (Phi) is 11.6. The van der Waals surface area contributed by atoms with E-state index in [0.717, 1.165) is 23.8 Å². The zero-order valence-corrected chi connectivity index (χ0v) is 28.3. The van der Waals surface area contributed by atoms with Crippen LogP contribution in [-0.4, -0.2) is 62.5 Å². The average molecular weight is 780 g/mol. The third-order valence-corrected chi connectivity index (χ3v) is 8.10.